The van der Waals surface area contributed by atoms with Crippen LogP contribution >= 0.6 is 35.3 Å². The van der Waals surface area contributed by atoms with Gasteiger partial charge >= 0.3 is 5.51 Å². The lowest BCUT2D eigenvalue weighted by atomic mass is 9.99. The smallest absolute Gasteiger partial charge is 0.501 e. The van der Waals surface area contributed by atoms with Gasteiger partial charge in [-0.05, 0) is 126 Å². The number of nitrogens with one attached hydrogen (secondary N) is 2. The highest BCUT2D eigenvalue weighted by Crippen LogP contribution is 2.45. The predicted octanol–water partition coefficient (Wildman–Crippen LogP) is 11.1. The van der Waals surface area contributed by atoms with Crippen LogP contribution in [0.5, 0.6) is 0 Å². The minimum Gasteiger partial charge on any atom is -0.612 e. The molecular weight excluding hydrogens is 879 g/mol. The molecule has 1 aromatic heterocycles. The summed E-state index contributed by atoms with van der Waals surface area (Å²) in [5.74, 6) is 0.529. The molecule has 2 N–H and O–H groups in total. The Hall–Kier alpha value is -4.38. The minimum atomic E-state index is -5.61. The van der Waals surface area contributed by atoms with Crippen molar-refractivity contribution >= 4 is 79.1 Å². The average molecular weight is 923 g/mol. The third kappa shape index (κ3) is 9.52. The molecule has 16 heteroatoms. The molecule has 61 heavy (non-hydrogen) atoms. The lowest BCUT2D eigenvalue weighted by Gasteiger charge is -2.37. The van der Waals surface area contributed by atoms with Gasteiger partial charge in [0.25, 0.3) is 9.84 Å². The van der Waals surface area contributed by atoms with E-state index >= 15 is 0 Å². The second kappa shape index (κ2) is 18.5. The molecule has 0 aliphatic carbocycles. The van der Waals surface area contributed by atoms with Crippen LogP contribution in [0.1, 0.15) is 12.1 Å². The number of hydrogen-bond donors (Lipinski definition) is 2. The summed E-state index contributed by atoms with van der Waals surface area (Å²) in [5.41, 5.74) is 2.66. The Bertz CT molecular complexity index is 2590. The first-order valence-corrected chi connectivity index (χ1v) is 24.9. The molecule has 0 amide bonds. The van der Waals surface area contributed by atoms with Crippen LogP contribution in [0.25, 0.3) is 22.4 Å². The number of sulfone groups is 1. The van der Waals surface area contributed by atoms with E-state index < -0.39 is 31.4 Å². The highest BCUT2D eigenvalue weighted by molar-refractivity contribution is 8.00. The summed E-state index contributed by atoms with van der Waals surface area (Å²) >= 11 is 7.64. The SMILES string of the molecule is C[S+]([O-])c1c(-c2cccc(N3CCN(c4ccc(NSc5ccc(NCCSc6ccccc6)c(S(=O)(=O)C(F)(F)F)c5)cc4)CC3)c2)c(-c2ccc(Cl)cc2)n2c1CCC2. The van der Waals surface area contributed by atoms with Crippen LogP contribution in [-0.4, -0.2) is 67.8 Å². The van der Waals surface area contributed by atoms with Crippen LogP contribution in [0, 0.1) is 0 Å². The third-order valence-electron chi connectivity index (χ3n) is 10.8. The fraction of sp³-hybridized carbons (Fsp3) is 0.244. The van der Waals surface area contributed by atoms with Crippen molar-refractivity contribution in [2.45, 2.75) is 44.5 Å². The van der Waals surface area contributed by atoms with Gasteiger partial charge in [-0.1, -0.05) is 54.1 Å². The Morgan fingerprint density at radius 2 is 1.49 bits per heavy atom. The van der Waals surface area contributed by atoms with Crippen LogP contribution in [0.3, 0.4) is 0 Å². The zero-order valence-corrected chi connectivity index (χ0v) is 37.1. The zero-order chi connectivity index (χ0) is 42.7. The molecule has 5 aromatic carbocycles. The molecule has 318 valence electrons. The predicted molar refractivity (Wildman–Crippen MR) is 247 cm³/mol. The Labute approximate surface area is 371 Å². The van der Waals surface area contributed by atoms with Crippen molar-refractivity contribution in [1.29, 1.82) is 0 Å². The highest BCUT2D eigenvalue weighted by Gasteiger charge is 2.48. The minimum absolute atomic E-state index is 0.0943. The molecule has 1 saturated heterocycles. The molecule has 6 aromatic rings. The maximum atomic E-state index is 13.7. The van der Waals surface area contributed by atoms with Crippen LogP contribution in [0.15, 0.2) is 141 Å². The summed E-state index contributed by atoms with van der Waals surface area (Å²) in [5, 5.41) is 3.56. The standard InChI is InChI=1S/C45H43ClF3N5O3S4/c1-60(55)44-40-11-6-23-54(40)43(31-12-14-33(46)15-13-31)42(44)32-7-5-8-36(29-32)53-26-24-52(25-27-53)35-18-16-34(17-19-35)51-59-38-20-21-39(41(30-38)61(56,57)45(47,48)49)50-22-28-58-37-9-3-2-4-10-37/h2-5,7-10,12-21,29-30,50-51H,6,11,22-28H2,1H3. The van der Waals surface area contributed by atoms with E-state index in [2.05, 4.69) is 48.7 Å². The number of rotatable bonds is 14. The van der Waals surface area contributed by atoms with Crippen molar-refractivity contribution in [1.82, 2.24) is 4.57 Å². The van der Waals surface area contributed by atoms with Crippen molar-refractivity contribution in [3.8, 4) is 22.4 Å². The summed E-state index contributed by atoms with van der Waals surface area (Å²) in [4.78, 5) is 6.11. The zero-order valence-electron chi connectivity index (χ0n) is 33.1. The number of alkyl halides is 3. The molecule has 0 radical (unpaired) electrons. The molecule has 8 rings (SSSR count). The Balaban J connectivity index is 0.912. The summed E-state index contributed by atoms with van der Waals surface area (Å²) in [6.45, 7) is 4.31. The molecule has 0 bridgehead atoms. The molecular formula is C45H43ClF3N5O3S4. The van der Waals surface area contributed by atoms with E-state index in [0.717, 1.165) is 113 Å². The van der Waals surface area contributed by atoms with Gasteiger partial charge in [-0.3, -0.25) is 0 Å². The topological polar surface area (TPSA) is 92.7 Å². The second-order valence-electron chi connectivity index (χ2n) is 14.7. The Morgan fingerprint density at radius 1 is 0.787 bits per heavy atom. The normalized spacial score (nSPS) is 14.9. The van der Waals surface area contributed by atoms with Gasteiger partial charge in [0.15, 0.2) is 4.90 Å². The number of benzene rings is 5. The summed E-state index contributed by atoms with van der Waals surface area (Å²) in [6, 6.07) is 37.8. The fourth-order valence-electron chi connectivity index (χ4n) is 7.90. The lowest BCUT2D eigenvalue weighted by molar-refractivity contribution is -0.0435. The summed E-state index contributed by atoms with van der Waals surface area (Å²) in [7, 11) is -5.61. The molecule has 2 aliphatic rings. The summed E-state index contributed by atoms with van der Waals surface area (Å²) < 4.78 is 85.3. The van der Waals surface area contributed by atoms with E-state index in [0.29, 0.717) is 21.4 Å². The van der Waals surface area contributed by atoms with Gasteiger partial charge in [0.2, 0.25) is 0 Å². The van der Waals surface area contributed by atoms with Gasteiger partial charge in [0.05, 0.1) is 22.6 Å². The third-order valence-corrected chi connectivity index (χ3v) is 15.4. The number of piperazine rings is 1. The Kier molecular flexibility index (Phi) is 13.1. The van der Waals surface area contributed by atoms with E-state index in [-0.39, 0.29) is 12.2 Å². The van der Waals surface area contributed by atoms with Gasteiger partial charge in [-0.25, -0.2) is 8.42 Å². The number of hydrogen-bond acceptors (Lipinski definition) is 9. The molecule has 3 heterocycles. The monoisotopic (exact) mass is 921 g/mol. The highest BCUT2D eigenvalue weighted by atomic mass is 35.5. The number of halogens is 4. The van der Waals surface area contributed by atoms with Crippen LogP contribution in [0.4, 0.5) is 35.9 Å². The van der Waals surface area contributed by atoms with Crippen molar-refractivity contribution in [3.05, 3.63) is 132 Å². The average Bonchev–Trinajstić information content (AvgIpc) is 3.86. The number of nitrogens with zero attached hydrogens (tertiary/aromatic N) is 3. The largest absolute Gasteiger partial charge is 0.612 e. The van der Waals surface area contributed by atoms with Gasteiger partial charge < -0.3 is 29.0 Å². The molecule has 2 aliphatic heterocycles. The number of anilines is 4. The van der Waals surface area contributed by atoms with Crippen molar-refractivity contribution in [2.24, 2.45) is 0 Å². The molecule has 8 nitrogen and oxygen atoms in total. The van der Waals surface area contributed by atoms with E-state index in [1.807, 2.05) is 78.9 Å². The first-order valence-electron chi connectivity index (χ1n) is 19.7. The molecule has 1 unspecified atom stereocenters. The quantitative estimate of drug-likeness (QED) is 0.0479. The van der Waals surface area contributed by atoms with Crippen LogP contribution in [0.2, 0.25) is 5.02 Å². The van der Waals surface area contributed by atoms with E-state index in [4.69, 9.17) is 11.6 Å². The van der Waals surface area contributed by atoms with Gasteiger partial charge in [0, 0.05) is 76.9 Å². The maximum absolute atomic E-state index is 13.7. The molecule has 0 saturated carbocycles. The van der Waals surface area contributed by atoms with Crippen LogP contribution in [-0.2, 0) is 34.0 Å². The van der Waals surface area contributed by atoms with Crippen LogP contribution < -0.4 is 19.8 Å². The van der Waals surface area contributed by atoms with Crippen molar-refractivity contribution < 1.29 is 26.1 Å². The van der Waals surface area contributed by atoms with E-state index in [9.17, 15) is 26.1 Å². The summed E-state index contributed by atoms with van der Waals surface area (Å²) in [6.07, 6.45) is 3.69. The number of thioether (sulfide) groups is 1. The fourth-order valence-corrected chi connectivity index (χ4v) is 11.6. The van der Waals surface area contributed by atoms with Crippen molar-refractivity contribution in [3.63, 3.8) is 0 Å². The molecule has 0 spiro atoms. The van der Waals surface area contributed by atoms with Crippen molar-refractivity contribution in [2.75, 3.05) is 64.6 Å². The number of aromatic nitrogens is 1. The first-order chi connectivity index (χ1) is 29.4. The van der Waals surface area contributed by atoms with E-state index in [1.54, 1.807) is 12.3 Å². The van der Waals surface area contributed by atoms with E-state index in [1.165, 1.54) is 17.8 Å². The second-order valence-corrected chi connectivity index (χ2v) is 20.4. The molecule has 1 atom stereocenters. The first kappa shape index (κ1) is 43.3. The van der Waals surface area contributed by atoms with Gasteiger partial charge in [-0.2, -0.15) is 13.2 Å². The number of fused-ring (bicyclic) bond motifs is 1. The molecule has 1 fully saturated rings. The lowest BCUT2D eigenvalue weighted by Crippen LogP contribution is -2.46. The van der Waals surface area contributed by atoms with Gasteiger partial charge in [-0.15, -0.1) is 11.8 Å². The maximum Gasteiger partial charge on any atom is 0.501 e. The Morgan fingerprint density at radius 3 is 2.18 bits per heavy atom. The van der Waals surface area contributed by atoms with Gasteiger partial charge in [0.1, 0.15) is 11.2 Å².